The molecule has 1 aromatic rings. The molecule has 112 valence electrons. The Morgan fingerprint density at radius 1 is 1.40 bits per heavy atom. The van der Waals surface area contributed by atoms with Crippen LogP contribution in [0.15, 0.2) is 0 Å². The average Bonchev–Trinajstić information content (AvgIpc) is 3.13. The number of aromatic nitrogens is 2. The maximum absolute atomic E-state index is 10.4. The van der Waals surface area contributed by atoms with E-state index in [4.69, 9.17) is 5.73 Å². The van der Waals surface area contributed by atoms with Crippen molar-refractivity contribution in [2.75, 3.05) is 17.6 Å². The first-order chi connectivity index (χ1) is 9.28. The van der Waals surface area contributed by atoms with E-state index in [-0.39, 0.29) is 0 Å². The molecular formula is C15H26N4O. The van der Waals surface area contributed by atoms with Gasteiger partial charge in [-0.25, -0.2) is 9.97 Å². The summed E-state index contributed by atoms with van der Waals surface area (Å²) in [6, 6.07) is 0. The van der Waals surface area contributed by atoms with Crippen LogP contribution < -0.4 is 11.1 Å². The molecule has 20 heavy (non-hydrogen) atoms. The molecule has 0 radical (unpaired) electrons. The minimum Gasteiger partial charge on any atom is -0.388 e. The second-order valence-corrected chi connectivity index (χ2v) is 6.66. The van der Waals surface area contributed by atoms with E-state index >= 15 is 0 Å². The molecule has 5 nitrogen and oxygen atoms in total. The highest BCUT2D eigenvalue weighted by Gasteiger charge is 2.28. The molecule has 1 aliphatic rings. The number of aliphatic hydroxyl groups is 1. The van der Waals surface area contributed by atoms with Crippen LogP contribution in [-0.4, -0.2) is 27.2 Å². The largest absolute Gasteiger partial charge is 0.388 e. The highest BCUT2D eigenvalue weighted by molar-refractivity contribution is 5.55. The number of nitrogens with zero attached hydrogens (tertiary/aromatic N) is 2. The average molecular weight is 278 g/mol. The molecule has 2 rings (SSSR count). The number of nitrogens with one attached hydrogen (secondary N) is 1. The van der Waals surface area contributed by atoms with Gasteiger partial charge in [0.2, 0.25) is 0 Å². The third-order valence-electron chi connectivity index (χ3n) is 3.63. The molecule has 0 aromatic carbocycles. The molecule has 0 amide bonds. The Hall–Kier alpha value is -1.36. The number of rotatable bonds is 6. The maximum Gasteiger partial charge on any atom is 0.136 e. The highest BCUT2D eigenvalue weighted by atomic mass is 16.3. The molecule has 0 aliphatic heterocycles. The van der Waals surface area contributed by atoms with Gasteiger partial charge in [-0.2, -0.15) is 0 Å². The Labute approximate surface area is 121 Å². The van der Waals surface area contributed by atoms with Gasteiger partial charge in [0.15, 0.2) is 0 Å². The molecule has 5 heteroatoms. The van der Waals surface area contributed by atoms with Crippen molar-refractivity contribution in [1.29, 1.82) is 0 Å². The lowest BCUT2D eigenvalue weighted by molar-refractivity contribution is 0.0514. The molecule has 1 atom stereocenters. The van der Waals surface area contributed by atoms with Crippen LogP contribution in [0.25, 0.3) is 0 Å². The lowest BCUT2D eigenvalue weighted by Crippen LogP contribution is -2.35. The Morgan fingerprint density at radius 3 is 2.60 bits per heavy atom. The van der Waals surface area contributed by atoms with Gasteiger partial charge < -0.3 is 16.2 Å². The normalized spacial score (nSPS) is 18.1. The van der Waals surface area contributed by atoms with Crippen LogP contribution in [0, 0.1) is 12.8 Å². The van der Waals surface area contributed by atoms with E-state index in [9.17, 15) is 5.11 Å². The van der Waals surface area contributed by atoms with Crippen molar-refractivity contribution in [1.82, 2.24) is 9.97 Å². The lowest BCUT2D eigenvalue weighted by Gasteiger charge is -2.26. The molecular weight excluding hydrogens is 252 g/mol. The fourth-order valence-electron chi connectivity index (χ4n) is 2.47. The standard InChI is InChI=1S/C15H26N4O/c1-9(2)7-15(4,20)8-17-13-10(3)12(16)18-14(19-13)11-5-6-11/h9,11,20H,5-8H2,1-4H3,(H3,16,17,18,19). The summed E-state index contributed by atoms with van der Waals surface area (Å²) < 4.78 is 0. The molecule has 1 saturated carbocycles. The molecule has 0 spiro atoms. The zero-order chi connectivity index (χ0) is 14.9. The first kappa shape index (κ1) is 15.0. The summed E-state index contributed by atoms with van der Waals surface area (Å²) in [6.07, 6.45) is 3.04. The van der Waals surface area contributed by atoms with Crippen molar-refractivity contribution in [3.05, 3.63) is 11.4 Å². The van der Waals surface area contributed by atoms with Crippen LogP contribution in [0.4, 0.5) is 11.6 Å². The first-order valence-corrected chi connectivity index (χ1v) is 7.39. The molecule has 1 heterocycles. The summed E-state index contributed by atoms with van der Waals surface area (Å²) in [6.45, 7) is 8.43. The Morgan fingerprint density at radius 2 is 2.05 bits per heavy atom. The minimum atomic E-state index is -0.750. The van der Waals surface area contributed by atoms with Crippen molar-refractivity contribution in [3.63, 3.8) is 0 Å². The van der Waals surface area contributed by atoms with E-state index in [1.54, 1.807) is 0 Å². The third-order valence-corrected chi connectivity index (χ3v) is 3.63. The quantitative estimate of drug-likeness (QED) is 0.744. The topological polar surface area (TPSA) is 84.1 Å². The number of anilines is 2. The summed E-state index contributed by atoms with van der Waals surface area (Å²) in [7, 11) is 0. The fraction of sp³-hybridized carbons (Fsp3) is 0.733. The highest BCUT2D eigenvalue weighted by Crippen LogP contribution is 2.39. The summed E-state index contributed by atoms with van der Waals surface area (Å²) in [5.74, 6) is 3.04. The molecule has 4 N–H and O–H groups in total. The maximum atomic E-state index is 10.4. The number of nitrogen functional groups attached to an aromatic ring is 1. The number of hydrogen-bond acceptors (Lipinski definition) is 5. The predicted molar refractivity (Wildman–Crippen MR) is 81.7 cm³/mol. The van der Waals surface area contributed by atoms with Crippen LogP contribution in [0.2, 0.25) is 0 Å². The van der Waals surface area contributed by atoms with Crippen molar-refractivity contribution in [2.45, 2.75) is 58.5 Å². The number of nitrogens with two attached hydrogens (primary N) is 1. The van der Waals surface area contributed by atoms with Crippen molar-refractivity contribution >= 4 is 11.6 Å². The van der Waals surface area contributed by atoms with Gasteiger partial charge in [-0.3, -0.25) is 0 Å². The van der Waals surface area contributed by atoms with Gasteiger partial charge in [-0.05, 0) is 39.0 Å². The van der Waals surface area contributed by atoms with Gasteiger partial charge >= 0.3 is 0 Å². The minimum absolute atomic E-state index is 0.449. The summed E-state index contributed by atoms with van der Waals surface area (Å²) in [5, 5.41) is 13.6. The Balaban J connectivity index is 2.08. The van der Waals surface area contributed by atoms with Gasteiger partial charge in [-0.15, -0.1) is 0 Å². The van der Waals surface area contributed by atoms with Gasteiger partial charge in [-0.1, -0.05) is 13.8 Å². The second kappa shape index (κ2) is 5.56. The summed E-state index contributed by atoms with van der Waals surface area (Å²) >= 11 is 0. The lowest BCUT2D eigenvalue weighted by atomic mass is 9.94. The van der Waals surface area contributed by atoms with Gasteiger partial charge in [0.1, 0.15) is 17.5 Å². The van der Waals surface area contributed by atoms with Crippen molar-refractivity contribution in [3.8, 4) is 0 Å². The number of hydrogen-bond donors (Lipinski definition) is 3. The predicted octanol–water partition coefficient (Wildman–Crippen LogP) is 2.45. The summed E-state index contributed by atoms with van der Waals surface area (Å²) in [4.78, 5) is 8.92. The van der Waals surface area contributed by atoms with E-state index in [0.29, 0.717) is 24.2 Å². The fourth-order valence-corrected chi connectivity index (χ4v) is 2.47. The molecule has 0 bridgehead atoms. The van der Waals surface area contributed by atoms with Gasteiger partial charge in [0.05, 0.1) is 5.60 Å². The van der Waals surface area contributed by atoms with Crippen LogP contribution >= 0.6 is 0 Å². The molecule has 1 aromatic heterocycles. The molecule has 1 unspecified atom stereocenters. The van der Waals surface area contributed by atoms with Crippen LogP contribution in [0.3, 0.4) is 0 Å². The van der Waals surface area contributed by atoms with E-state index < -0.39 is 5.60 Å². The van der Waals surface area contributed by atoms with E-state index in [1.165, 1.54) is 0 Å². The van der Waals surface area contributed by atoms with Crippen LogP contribution in [-0.2, 0) is 0 Å². The molecule has 0 saturated heterocycles. The first-order valence-electron chi connectivity index (χ1n) is 7.39. The monoisotopic (exact) mass is 278 g/mol. The SMILES string of the molecule is Cc1c(N)nc(C2CC2)nc1NCC(C)(O)CC(C)C. The molecule has 1 fully saturated rings. The third kappa shape index (κ3) is 3.82. The summed E-state index contributed by atoms with van der Waals surface area (Å²) in [5.41, 5.74) is 6.06. The van der Waals surface area contributed by atoms with Crippen LogP contribution in [0.5, 0.6) is 0 Å². The smallest absolute Gasteiger partial charge is 0.136 e. The van der Waals surface area contributed by atoms with Gasteiger partial charge in [0, 0.05) is 18.0 Å². The Kier molecular flexibility index (Phi) is 4.18. The van der Waals surface area contributed by atoms with Crippen molar-refractivity contribution in [2.24, 2.45) is 5.92 Å². The second-order valence-electron chi connectivity index (χ2n) is 6.66. The van der Waals surface area contributed by atoms with Crippen molar-refractivity contribution < 1.29 is 5.11 Å². The van der Waals surface area contributed by atoms with Gasteiger partial charge in [0.25, 0.3) is 0 Å². The zero-order valence-corrected chi connectivity index (χ0v) is 12.9. The molecule has 1 aliphatic carbocycles. The zero-order valence-electron chi connectivity index (χ0n) is 12.9. The van der Waals surface area contributed by atoms with E-state index in [2.05, 4.69) is 29.1 Å². The Bertz CT molecular complexity index is 481. The van der Waals surface area contributed by atoms with E-state index in [1.807, 2.05) is 13.8 Å². The van der Waals surface area contributed by atoms with E-state index in [0.717, 1.165) is 36.5 Å². The van der Waals surface area contributed by atoms with Crippen LogP contribution in [0.1, 0.15) is 57.3 Å².